The molecule has 1 fully saturated rings. The van der Waals surface area contributed by atoms with Crippen LogP contribution in [0.25, 0.3) is 0 Å². The molecule has 0 aliphatic carbocycles. The fourth-order valence-corrected chi connectivity index (χ4v) is 3.41. The van der Waals surface area contributed by atoms with E-state index in [-0.39, 0.29) is 30.3 Å². The molecule has 0 atom stereocenters. The number of anilines is 1. The molecule has 1 saturated heterocycles. The third kappa shape index (κ3) is 6.08. The van der Waals surface area contributed by atoms with E-state index >= 15 is 0 Å². The molecule has 0 aromatic heterocycles. The van der Waals surface area contributed by atoms with E-state index in [1.54, 1.807) is 18.2 Å². The van der Waals surface area contributed by atoms with Gasteiger partial charge in [-0.25, -0.2) is 4.79 Å². The van der Waals surface area contributed by atoms with Crippen molar-refractivity contribution < 1.29 is 23.9 Å². The van der Waals surface area contributed by atoms with Crippen LogP contribution in [-0.2, 0) is 9.59 Å². The van der Waals surface area contributed by atoms with Gasteiger partial charge in [-0.05, 0) is 51.9 Å². The van der Waals surface area contributed by atoms with Gasteiger partial charge in [-0.1, -0.05) is 0 Å². The molecule has 0 bridgehead atoms. The Bertz CT molecular complexity index is 759. The highest BCUT2D eigenvalue weighted by Crippen LogP contribution is 2.32. The summed E-state index contributed by atoms with van der Waals surface area (Å²) in [5.41, 5.74) is 0.511. The number of carbonyl (C=O) groups is 3. The van der Waals surface area contributed by atoms with Crippen molar-refractivity contribution in [2.45, 2.75) is 32.7 Å². The number of likely N-dealkylation sites (tertiary alicyclic amines) is 1. The molecule has 2 heterocycles. The van der Waals surface area contributed by atoms with Gasteiger partial charge in [0.1, 0.15) is 13.2 Å². The molecular weight excluding hydrogens is 376 g/mol. The topological polar surface area (TPSA) is 109 Å². The predicted molar refractivity (Wildman–Crippen MR) is 107 cm³/mol. The van der Waals surface area contributed by atoms with E-state index in [2.05, 4.69) is 16.0 Å². The quantitative estimate of drug-likeness (QED) is 0.683. The highest BCUT2D eigenvalue weighted by atomic mass is 16.6. The fraction of sp³-hybridized carbons (Fsp3) is 0.550. The van der Waals surface area contributed by atoms with E-state index in [0.29, 0.717) is 56.3 Å². The summed E-state index contributed by atoms with van der Waals surface area (Å²) in [5.74, 6) is 0.858. The SMILES string of the molecule is CC(C)NC(=O)C1CCN(CC(=O)NC(=O)Nc2ccc3c(c2)OCCO3)CC1. The first-order chi connectivity index (χ1) is 13.9. The molecule has 1 aromatic carbocycles. The first kappa shape index (κ1) is 20.9. The van der Waals surface area contributed by atoms with Gasteiger partial charge >= 0.3 is 6.03 Å². The van der Waals surface area contributed by atoms with Gasteiger partial charge in [0.15, 0.2) is 11.5 Å². The Morgan fingerprint density at radius 2 is 1.79 bits per heavy atom. The molecule has 158 valence electrons. The van der Waals surface area contributed by atoms with Crippen LogP contribution in [0, 0.1) is 5.92 Å². The van der Waals surface area contributed by atoms with Crippen molar-refractivity contribution in [1.29, 1.82) is 0 Å². The van der Waals surface area contributed by atoms with E-state index in [1.807, 2.05) is 18.7 Å². The summed E-state index contributed by atoms with van der Waals surface area (Å²) in [6.45, 7) is 6.24. The number of piperidine rings is 1. The molecular formula is C20H28N4O5. The van der Waals surface area contributed by atoms with Gasteiger partial charge in [0.25, 0.3) is 0 Å². The summed E-state index contributed by atoms with van der Waals surface area (Å²) >= 11 is 0. The van der Waals surface area contributed by atoms with Crippen molar-refractivity contribution in [3.05, 3.63) is 18.2 Å². The molecule has 29 heavy (non-hydrogen) atoms. The van der Waals surface area contributed by atoms with Crippen molar-refractivity contribution in [3.8, 4) is 11.5 Å². The average molecular weight is 404 g/mol. The van der Waals surface area contributed by atoms with Crippen LogP contribution in [0.5, 0.6) is 11.5 Å². The summed E-state index contributed by atoms with van der Waals surface area (Å²) in [6.07, 6.45) is 1.41. The lowest BCUT2D eigenvalue weighted by Gasteiger charge is -2.31. The van der Waals surface area contributed by atoms with Crippen LogP contribution >= 0.6 is 0 Å². The van der Waals surface area contributed by atoms with E-state index in [1.165, 1.54) is 0 Å². The minimum Gasteiger partial charge on any atom is -0.486 e. The number of hydrogen-bond acceptors (Lipinski definition) is 6. The lowest BCUT2D eigenvalue weighted by atomic mass is 9.95. The summed E-state index contributed by atoms with van der Waals surface area (Å²) < 4.78 is 10.9. The van der Waals surface area contributed by atoms with Crippen molar-refractivity contribution in [1.82, 2.24) is 15.5 Å². The second-order valence-corrected chi connectivity index (χ2v) is 7.57. The molecule has 4 amide bonds. The maximum absolute atomic E-state index is 12.2. The number of fused-ring (bicyclic) bond motifs is 1. The molecule has 0 unspecified atom stereocenters. The number of nitrogens with zero attached hydrogens (tertiary/aromatic N) is 1. The Morgan fingerprint density at radius 1 is 1.10 bits per heavy atom. The Balaban J connectivity index is 1.40. The van der Waals surface area contributed by atoms with Gasteiger partial charge in [-0.3, -0.25) is 19.8 Å². The van der Waals surface area contributed by atoms with Crippen LogP contribution in [-0.4, -0.2) is 61.6 Å². The van der Waals surface area contributed by atoms with E-state index in [9.17, 15) is 14.4 Å². The van der Waals surface area contributed by atoms with Gasteiger partial charge in [0.05, 0.1) is 6.54 Å². The number of ether oxygens (including phenoxy) is 2. The highest BCUT2D eigenvalue weighted by molar-refractivity contribution is 6.01. The number of rotatable bonds is 5. The van der Waals surface area contributed by atoms with Gasteiger partial charge in [-0.15, -0.1) is 0 Å². The van der Waals surface area contributed by atoms with Crippen molar-refractivity contribution in [2.24, 2.45) is 5.92 Å². The molecule has 3 rings (SSSR count). The number of carbonyl (C=O) groups excluding carboxylic acids is 3. The Morgan fingerprint density at radius 3 is 2.48 bits per heavy atom. The minimum atomic E-state index is -0.599. The van der Waals surface area contributed by atoms with Crippen LogP contribution in [0.2, 0.25) is 0 Å². The predicted octanol–water partition coefficient (Wildman–Crippen LogP) is 1.34. The maximum Gasteiger partial charge on any atom is 0.325 e. The second kappa shape index (κ2) is 9.60. The summed E-state index contributed by atoms with van der Waals surface area (Å²) in [5, 5.41) is 7.89. The van der Waals surface area contributed by atoms with Crippen molar-refractivity contribution >= 4 is 23.5 Å². The second-order valence-electron chi connectivity index (χ2n) is 7.57. The third-order valence-electron chi connectivity index (χ3n) is 4.81. The molecule has 0 spiro atoms. The number of nitrogens with one attached hydrogen (secondary N) is 3. The highest BCUT2D eigenvalue weighted by Gasteiger charge is 2.26. The molecule has 0 saturated carbocycles. The third-order valence-corrected chi connectivity index (χ3v) is 4.81. The molecule has 1 aromatic rings. The van der Waals surface area contributed by atoms with Crippen LogP contribution in [0.4, 0.5) is 10.5 Å². The number of urea groups is 1. The number of imide groups is 1. The van der Waals surface area contributed by atoms with Crippen molar-refractivity contribution in [2.75, 3.05) is 38.2 Å². The van der Waals surface area contributed by atoms with Crippen LogP contribution < -0.4 is 25.4 Å². The molecule has 9 heteroatoms. The lowest BCUT2D eigenvalue weighted by Crippen LogP contribution is -2.46. The standard InChI is InChI=1S/C20H28N4O5/c1-13(2)21-19(26)14-5-7-24(8-6-14)12-18(25)23-20(27)22-15-3-4-16-17(11-15)29-10-9-28-16/h3-4,11,13-14H,5-10,12H2,1-2H3,(H,21,26)(H2,22,23,25,27). The summed E-state index contributed by atoms with van der Waals surface area (Å²) in [7, 11) is 0. The molecule has 2 aliphatic heterocycles. The van der Waals surface area contributed by atoms with Gasteiger partial charge in [0.2, 0.25) is 11.8 Å². The zero-order valence-corrected chi connectivity index (χ0v) is 16.8. The number of benzene rings is 1. The zero-order valence-electron chi connectivity index (χ0n) is 16.8. The first-order valence-electron chi connectivity index (χ1n) is 9.94. The Kier molecular flexibility index (Phi) is 6.92. The minimum absolute atomic E-state index is 0.0183. The van der Waals surface area contributed by atoms with Crippen LogP contribution in [0.15, 0.2) is 18.2 Å². The number of amides is 4. The molecule has 2 aliphatic rings. The fourth-order valence-electron chi connectivity index (χ4n) is 3.41. The maximum atomic E-state index is 12.2. The summed E-state index contributed by atoms with van der Waals surface area (Å²) in [6, 6.07) is 4.58. The van der Waals surface area contributed by atoms with Gasteiger partial charge in [0, 0.05) is 23.7 Å². The Labute approximate surface area is 170 Å². The van der Waals surface area contributed by atoms with Gasteiger partial charge in [-0.2, -0.15) is 0 Å². The monoisotopic (exact) mass is 404 g/mol. The van der Waals surface area contributed by atoms with E-state index < -0.39 is 6.03 Å². The van der Waals surface area contributed by atoms with E-state index in [0.717, 1.165) is 0 Å². The number of hydrogen-bond donors (Lipinski definition) is 3. The van der Waals surface area contributed by atoms with E-state index in [4.69, 9.17) is 9.47 Å². The smallest absolute Gasteiger partial charge is 0.325 e. The lowest BCUT2D eigenvalue weighted by molar-refractivity contribution is -0.127. The first-order valence-corrected chi connectivity index (χ1v) is 9.94. The Hall–Kier alpha value is -2.81. The molecule has 3 N–H and O–H groups in total. The van der Waals surface area contributed by atoms with Crippen molar-refractivity contribution in [3.63, 3.8) is 0 Å². The molecule has 0 radical (unpaired) electrons. The largest absolute Gasteiger partial charge is 0.486 e. The summed E-state index contributed by atoms with van der Waals surface area (Å²) in [4.78, 5) is 38.3. The normalized spacial score (nSPS) is 16.9. The van der Waals surface area contributed by atoms with Crippen LogP contribution in [0.3, 0.4) is 0 Å². The zero-order chi connectivity index (χ0) is 20.8. The van der Waals surface area contributed by atoms with Gasteiger partial charge < -0.3 is 20.1 Å². The van der Waals surface area contributed by atoms with Crippen LogP contribution in [0.1, 0.15) is 26.7 Å². The molecule has 9 nitrogen and oxygen atoms in total. The average Bonchev–Trinajstić information content (AvgIpc) is 2.67.